The first kappa shape index (κ1) is 15.4. The maximum absolute atomic E-state index is 11.5. The molecule has 0 aromatic rings. The number of carbonyl (C=O) groups excluding carboxylic acids is 1. The fourth-order valence-electron chi connectivity index (χ4n) is 1.97. The summed E-state index contributed by atoms with van der Waals surface area (Å²) in [6.45, 7) is 9.60. The van der Waals surface area contributed by atoms with Crippen molar-refractivity contribution >= 4 is 5.91 Å². The smallest absolute Gasteiger partial charge is 0.220 e. The largest absolute Gasteiger partial charge is 0.396 e. The van der Waals surface area contributed by atoms with Gasteiger partial charge in [-0.05, 0) is 30.6 Å². The molecule has 0 aromatic carbocycles. The summed E-state index contributed by atoms with van der Waals surface area (Å²) in [5, 5.41) is 11.5. The van der Waals surface area contributed by atoms with Gasteiger partial charge in [0, 0.05) is 19.6 Å². The maximum Gasteiger partial charge on any atom is 0.220 e. The Hall–Kier alpha value is -0.570. The summed E-state index contributed by atoms with van der Waals surface area (Å²) in [5.41, 5.74) is 0.288. The van der Waals surface area contributed by atoms with Crippen LogP contribution in [0.1, 0.15) is 53.4 Å². The van der Waals surface area contributed by atoms with Crippen molar-refractivity contribution in [3.63, 3.8) is 0 Å². The molecule has 16 heavy (non-hydrogen) atoms. The summed E-state index contributed by atoms with van der Waals surface area (Å²) in [6, 6.07) is 0. The minimum Gasteiger partial charge on any atom is -0.396 e. The Kier molecular flexibility index (Phi) is 7.39. The molecule has 1 amide bonds. The first-order valence-electron chi connectivity index (χ1n) is 6.22. The number of carbonyl (C=O) groups is 1. The van der Waals surface area contributed by atoms with Gasteiger partial charge in [-0.25, -0.2) is 0 Å². The van der Waals surface area contributed by atoms with Gasteiger partial charge in [0.25, 0.3) is 0 Å². The zero-order valence-corrected chi connectivity index (χ0v) is 11.2. The van der Waals surface area contributed by atoms with Gasteiger partial charge in [-0.15, -0.1) is 0 Å². The summed E-state index contributed by atoms with van der Waals surface area (Å²) in [4.78, 5) is 11.5. The molecule has 3 nitrogen and oxygen atoms in total. The van der Waals surface area contributed by atoms with Crippen LogP contribution < -0.4 is 5.32 Å². The summed E-state index contributed by atoms with van der Waals surface area (Å²) < 4.78 is 0. The van der Waals surface area contributed by atoms with Crippen molar-refractivity contribution in [2.24, 2.45) is 11.3 Å². The van der Waals surface area contributed by atoms with Crippen LogP contribution in [-0.2, 0) is 4.79 Å². The highest BCUT2D eigenvalue weighted by atomic mass is 16.2. The third-order valence-electron chi connectivity index (χ3n) is 2.40. The molecule has 0 saturated carbocycles. The van der Waals surface area contributed by atoms with Crippen LogP contribution in [0.5, 0.6) is 0 Å². The monoisotopic (exact) mass is 229 g/mol. The third kappa shape index (κ3) is 9.97. The molecule has 0 saturated heterocycles. The molecule has 1 atom stereocenters. The van der Waals surface area contributed by atoms with Gasteiger partial charge >= 0.3 is 0 Å². The van der Waals surface area contributed by atoms with Crippen LogP contribution in [0.2, 0.25) is 0 Å². The van der Waals surface area contributed by atoms with Crippen molar-refractivity contribution < 1.29 is 9.90 Å². The first-order chi connectivity index (χ1) is 7.35. The molecule has 96 valence electrons. The number of hydrogen-bond donors (Lipinski definition) is 2. The van der Waals surface area contributed by atoms with Gasteiger partial charge in [-0.3, -0.25) is 4.79 Å². The second-order valence-electron chi connectivity index (χ2n) is 5.85. The highest BCUT2D eigenvalue weighted by Gasteiger charge is 2.17. The van der Waals surface area contributed by atoms with E-state index in [9.17, 15) is 4.79 Å². The summed E-state index contributed by atoms with van der Waals surface area (Å²) in [6.07, 6.45) is 3.29. The molecule has 0 aliphatic heterocycles. The normalized spacial score (nSPS) is 13.6. The molecule has 0 aliphatic carbocycles. The van der Waals surface area contributed by atoms with Crippen LogP contribution in [0, 0.1) is 11.3 Å². The van der Waals surface area contributed by atoms with E-state index in [0.29, 0.717) is 18.9 Å². The minimum atomic E-state index is 0.134. The molecule has 2 N–H and O–H groups in total. The lowest BCUT2D eigenvalue weighted by Crippen LogP contribution is -2.27. The predicted molar refractivity (Wildman–Crippen MR) is 67.2 cm³/mol. The van der Waals surface area contributed by atoms with Gasteiger partial charge in [-0.2, -0.15) is 0 Å². The number of nitrogens with one attached hydrogen (secondary N) is 1. The fourth-order valence-corrected chi connectivity index (χ4v) is 1.97. The quantitative estimate of drug-likeness (QED) is 0.658. The standard InChI is InChI=1S/C13H27NO2/c1-11(10-13(2,3)4)9-12(16)14-7-5-6-8-15/h11,15H,5-10H2,1-4H3,(H,14,16). The van der Waals surface area contributed by atoms with Crippen LogP contribution in [-0.4, -0.2) is 24.2 Å². The number of amides is 1. The van der Waals surface area contributed by atoms with E-state index in [1.807, 2.05) is 0 Å². The van der Waals surface area contributed by atoms with Crippen molar-refractivity contribution in [2.45, 2.75) is 53.4 Å². The van der Waals surface area contributed by atoms with Crippen molar-refractivity contribution in [3.8, 4) is 0 Å². The number of rotatable bonds is 7. The van der Waals surface area contributed by atoms with Crippen LogP contribution in [0.4, 0.5) is 0 Å². The molecule has 0 heterocycles. The van der Waals surface area contributed by atoms with Crippen LogP contribution in [0.25, 0.3) is 0 Å². The Morgan fingerprint density at radius 2 is 1.94 bits per heavy atom. The van der Waals surface area contributed by atoms with Crippen molar-refractivity contribution in [1.29, 1.82) is 0 Å². The van der Waals surface area contributed by atoms with Crippen molar-refractivity contribution in [3.05, 3.63) is 0 Å². The fraction of sp³-hybridized carbons (Fsp3) is 0.923. The molecule has 0 aliphatic rings. The average molecular weight is 229 g/mol. The Morgan fingerprint density at radius 3 is 2.44 bits per heavy atom. The highest BCUT2D eigenvalue weighted by Crippen LogP contribution is 2.25. The number of hydrogen-bond acceptors (Lipinski definition) is 2. The van der Waals surface area contributed by atoms with E-state index >= 15 is 0 Å². The molecule has 0 bridgehead atoms. The lowest BCUT2D eigenvalue weighted by molar-refractivity contribution is -0.122. The van der Waals surface area contributed by atoms with Gasteiger partial charge in [-0.1, -0.05) is 27.7 Å². The maximum atomic E-state index is 11.5. The van der Waals surface area contributed by atoms with E-state index in [-0.39, 0.29) is 17.9 Å². The van der Waals surface area contributed by atoms with E-state index in [4.69, 9.17) is 5.11 Å². The summed E-state index contributed by atoms with van der Waals surface area (Å²) in [7, 11) is 0. The van der Waals surface area contributed by atoms with E-state index in [2.05, 4.69) is 33.0 Å². The third-order valence-corrected chi connectivity index (χ3v) is 2.40. The average Bonchev–Trinajstić information content (AvgIpc) is 2.09. The van der Waals surface area contributed by atoms with Crippen LogP contribution >= 0.6 is 0 Å². The number of aliphatic hydroxyl groups excluding tert-OH is 1. The predicted octanol–water partition coefficient (Wildman–Crippen LogP) is 2.34. The van der Waals surface area contributed by atoms with Crippen LogP contribution in [0.3, 0.4) is 0 Å². The molecule has 3 heteroatoms. The SMILES string of the molecule is CC(CC(=O)NCCCCO)CC(C)(C)C. The van der Waals surface area contributed by atoms with Gasteiger partial charge in [0.15, 0.2) is 0 Å². The molecule has 0 aromatic heterocycles. The van der Waals surface area contributed by atoms with Gasteiger partial charge in [0.2, 0.25) is 5.91 Å². The summed E-state index contributed by atoms with van der Waals surface area (Å²) in [5.74, 6) is 0.563. The Bertz CT molecular complexity index is 197. The number of unbranched alkanes of at least 4 members (excludes halogenated alkanes) is 1. The van der Waals surface area contributed by atoms with Crippen molar-refractivity contribution in [1.82, 2.24) is 5.32 Å². The minimum absolute atomic E-state index is 0.134. The molecular weight excluding hydrogens is 202 g/mol. The Balaban J connectivity index is 3.62. The van der Waals surface area contributed by atoms with E-state index < -0.39 is 0 Å². The molecule has 0 spiro atoms. The Labute approximate surface area is 99.6 Å². The second-order valence-corrected chi connectivity index (χ2v) is 5.85. The molecule has 0 fully saturated rings. The van der Waals surface area contributed by atoms with Crippen molar-refractivity contribution in [2.75, 3.05) is 13.2 Å². The first-order valence-corrected chi connectivity index (χ1v) is 6.22. The van der Waals surface area contributed by atoms with Gasteiger partial charge in [0.1, 0.15) is 0 Å². The lowest BCUT2D eigenvalue weighted by Gasteiger charge is -2.22. The van der Waals surface area contributed by atoms with E-state index in [1.54, 1.807) is 0 Å². The zero-order chi connectivity index (χ0) is 12.6. The second kappa shape index (κ2) is 7.66. The van der Waals surface area contributed by atoms with Gasteiger partial charge < -0.3 is 10.4 Å². The number of aliphatic hydroxyl groups is 1. The topological polar surface area (TPSA) is 49.3 Å². The molecule has 0 radical (unpaired) electrons. The highest BCUT2D eigenvalue weighted by molar-refractivity contribution is 5.76. The van der Waals surface area contributed by atoms with Gasteiger partial charge in [0.05, 0.1) is 0 Å². The van der Waals surface area contributed by atoms with E-state index in [0.717, 1.165) is 19.3 Å². The molecule has 0 rings (SSSR count). The molecule has 1 unspecified atom stereocenters. The Morgan fingerprint density at radius 1 is 1.31 bits per heavy atom. The summed E-state index contributed by atoms with van der Waals surface area (Å²) >= 11 is 0. The lowest BCUT2D eigenvalue weighted by atomic mass is 9.84. The molecular formula is C13H27NO2. The van der Waals surface area contributed by atoms with Crippen LogP contribution in [0.15, 0.2) is 0 Å². The van der Waals surface area contributed by atoms with E-state index in [1.165, 1.54) is 0 Å². The zero-order valence-electron chi connectivity index (χ0n) is 11.2.